The second-order valence-electron chi connectivity index (χ2n) is 1.72. The van der Waals surface area contributed by atoms with Crippen molar-refractivity contribution in [2.24, 2.45) is 5.73 Å². The van der Waals surface area contributed by atoms with E-state index < -0.39 is 5.97 Å². The third kappa shape index (κ3) is 17.8. The number of carboxylic acids is 1. The highest BCUT2D eigenvalue weighted by molar-refractivity contribution is 5.84. The molecule has 0 aromatic rings. The maximum atomic E-state index is 9.60. The van der Waals surface area contributed by atoms with Crippen LogP contribution in [0, 0.1) is 11.3 Å². The minimum atomic E-state index is -0.935. The summed E-state index contributed by atoms with van der Waals surface area (Å²) < 4.78 is 0. The zero-order chi connectivity index (χ0) is 9.44. The molecule has 3 N–H and O–H groups in total. The Kier molecular flexibility index (Phi) is 6.92. The molecule has 0 bridgehead atoms. The average Bonchev–Trinajstić information content (AvgIpc) is 1.89. The molecule has 0 fully saturated rings. The van der Waals surface area contributed by atoms with Gasteiger partial charge in [0.15, 0.2) is 0 Å². The van der Waals surface area contributed by atoms with E-state index in [0.717, 1.165) is 0 Å². The average molecular weight is 154 g/mol. The van der Waals surface area contributed by atoms with Gasteiger partial charge in [0.05, 0.1) is 0 Å². The second-order valence-corrected chi connectivity index (χ2v) is 1.72. The quantitative estimate of drug-likeness (QED) is 0.428. The van der Waals surface area contributed by atoms with Crippen LogP contribution >= 0.6 is 0 Å². The minimum Gasteiger partial charge on any atom is -0.478 e. The largest absolute Gasteiger partial charge is 0.478 e. The van der Waals surface area contributed by atoms with Gasteiger partial charge in [-0.3, -0.25) is 0 Å². The molecule has 0 atom stereocenters. The number of rotatable bonds is 1. The van der Waals surface area contributed by atoms with Crippen LogP contribution in [-0.4, -0.2) is 11.1 Å². The standard InChI is InChI=1S/C4H6O2.C3H4N2/c1-3(2)4(5)6;1-3(5)2-4/h1H2,2H3,(H,5,6);1,5H2. The van der Waals surface area contributed by atoms with Gasteiger partial charge in [0.2, 0.25) is 0 Å². The Balaban J connectivity index is 0. The number of nitrogens with zero attached hydrogens (tertiary/aromatic N) is 1. The van der Waals surface area contributed by atoms with Gasteiger partial charge in [-0.25, -0.2) is 4.79 Å². The first-order valence-corrected chi connectivity index (χ1v) is 2.65. The maximum Gasteiger partial charge on any atom is 0.330 e. The molecule has 0 unspecified atom stereocenters. The van der Waals surface area contributed by atoms with Gasteiger partial charge >= 0.3 is 5.97 Å². The molecule has 11 heavy (non-hydrogen) atoms. The Morgan fingerprint density at radius 2 is 1.82 bits per heavy atom. The molecule has 0 amide bonds. The number of allylic oxidation sites excluding steroid dienone is 1. The number of nitriles is 1. The summed E-state index contributed by atoms with van der Waals surface area (Å²) in [4.78, 5) is 9.60. The Morgan fingerprint density at radius 3 is 1.82 bits per heavy atom. The van der Waals surface area contributed by atoms with Crippen LogP contribution in [-0.2, 0) is 4.79 Å². The lowest BCUT2D eigenvalue weighted by Crippen LogP contribution is -1.92. The lowest BCUT2D eigenvalue weighted by Gasteiger charge is -1.79. The van der Waals surface area contributed by atoms with Crippen molar-refractivity contribution in [1.82, 2.24) is 0 Å². The van der Waals surface area contributed by atoms with Gasteiger partial charge in [0.1, 0.15) is 11.8 Å². The molecule has 0 aliphatic carbocycles. The molecule has 4 heteroatoms. The third-order valence-corrected chi connectivity index (χ3v) is 0.509. The van der Waals surface area contributed by atoms with Crippen molar-refractivity contribution in [1.29, 1.82) is 5.26 Å². The van der Waals surface area contributed by atoms with E-state index >= 15 is 0 Å². The minimum absolute atomic E-state index is 0.0602. The molecule has 0 saturated carbocycles. The van der Waals surface area contributed by atoms with Crippen molar-refractivity contribution in [3.05, 3.63) is 24.4 Å². The predicted octanol–water partition coefficient (Wildman–Crippen LogP) is 0.629. The molecular formula is C7H10N2O2. The number of carboxylic acid groups (broad SMARTS) is 1. The van der Waals surface area contributed by atoms with E-state index in [1.54, 1.807) is 6.07 Å². The number of carbonyl (C=O) groups is 1. The maximum absolute atomic E-state index is 9.60. The van der Waals surface area contributed by atoms with Gasteiger partial charge in [-0.15, -0.1) is 0 Å². The molecule has 0 aromatic carbocycles. The Labute approximate surface area is 65.2 Å². The van der Waals surface area contributed by atoms with Gasteiger partial charge in [-0.05, 0) is 6.92 Å². The van der Waals surface area contributed by atoms with Crippen LogP contribution in [0.25, 0.3) is 0 Å². The lowest BCUT2D eigenvalue weighted by atomic mass is 10.4. The molecule has 0 spiro atoms. The van der Waals surface area contributed by atoms with Crippen molar-refractivity contribution in [3.63, 3.8) is 0 Å². The SMILES string of the molecule is C=C(C)C(=O)O.C=C(N)C#N. The zero-order valence-electron chi connectivity index (χ0n) is 6.29. The normalized spacial score (nSPS) is 6.55. The molecule has 60 valence electrons. The van der Waals surface area contributed by atoms with Crippen LogP contribution in [0.3, 0.4) is 0 Å². The van der Waals surface area contributed by atoms with E-state index in [0.29, 0.717) is 0 Å². The monoisotopic (exact) mass is 154 g/mol. The Morgan fingerprint density at radius 1 is 1.64 bits per heavy atom. The van der Waals surface area contributed by atoms with Crippen molar-refractivity contribution in [2.75, 3.05) is 0 Å². The van der Waals surface area contributed by atoms with E-state index in [9.17, 15) is 4.79 Å². The molecule has 0 aromatic heterocycles. The van der Waals surface area contributed by atoms with E-state index in [4.69, 9.17) is 16.1 Å². The van der Waals surface area contributed by atoms with Crippen LogP contribution in [0.4, 0.5) is 0 Å². The second kappa shape index (κ2) is 6.36. The number of aliphatic carboxylic acids is 1. The third-order valence-electron chi connectivity index (χ3n) is 0.509. The molecule has 0 rings (SSSR count). The summed E-state index contributed by atoms with van der Waals surface area (Å²) in [7, 11) is 0. The fourth-order valence-corrected chi connectivity index (χ4v) is 0. The summed E-state index contributed by atoms with van der Waals surface area (Å²) in [5.41, 5.74) is 4.97. The van der Waals surface area contributed by atoms with E-state index in [1.165, 1.54) is 6.92 Å². The number of hydrogen-bond acceptors (Lipinski definition) is 3. The number of hydrogen-bond donors (Lipinski definition) is 2. The summed E-state index contributed by atoms with van der Waals surface area (Å²) in [5, 5.41) is 15.6. The molecule has 0 saturated heterocycles. The predicted molar refractivity (Wildman–Crippen MR) is 41.4 cm³/mol. The van der Waals surface area contributed by atoms with Crippen molar-refractivity contribution >= 4 is 5.97 Å². The summed E-state index contributed by atoms with van der Waals surface area (Å²) >= 11 is 0. The lowest BCUT2D eigenvalue weighted by molar-refractivity contribution is -0.132. The van der Waals surface area contributed by atoms with E-state index in [2.05, 4.69) is 13.2 Å². The van der Waals surface area contributed by atoms with Gasteiger partial charge < -0.3 is 10.8 Å². The zero-order valence-corrected chi connectivity index (χ0v) is 6.29. The summed E-state index contributed by atoms with van der Waals surface area (Å²) in [6.45, 7) is 7.69. The first kappa shape index (κ1) is 12.0. The Bertz CT molecular complexity index is 201. The highest BCUT2D eigenvalue weighted by Crippen LogP contribution is 1.81. The van der Waals surface area contributed by atoms with Gasteiger partial charge in [0.25, 0.3) is 0 Å². The first-order chi connectivity index (χ1) is 4.91. The highest BCUT2D eigenvalue weighted by Gasteiger charge is 1.90. The van der Waals surface area contributed by atoms with Crippen LogP contribution in [0.1, 0.15) is 6.92 Å². The topological polar surface area (TPSA) is 87.1 Å². The van der Waals surface area contributed by atoms with Crippen LogP contribution in [0.5, 0.6) is 0 Å². The molecule has 0 aliphatic heterocycles. The van der Waals surface area contributed by atoms with Gasteiger partial charge in [0, 0.05) is 5.57 Å². The van der Waals surface area contributed by atoms with Crippen LogP contribution < -0.4 is 5.73 Å². The molecule has 0 radical (unpaired) electrons. The summed E-state index contributed by atoms with van der Waals surface area (Å²) in [6, 6.07) is 1.61. The van der Waals surface area contributed by atoms with Crippen LogP contribution in [0.15, 0.2) is 24.4 Å². The van der Waals surface area contributed by atoms with Gasteiger partial charge in [-0.1, -0.05) is 13.2 Å². The first-order valence-electron chi connectivity index (χ1n) is 2.65. The molecular weight excluding hydrogens is 144 g/mol. The number of nitrogens with two attached hydrogens (primary N) is 1. The Hall–Kier alpha value is -1.76. The van der Waals surface area contributed by atoms with Crippen molar-refractivity contribution < 1.29 is 9.90 Å². The van der Waals surface area contributed by atoms with Crippen LogP contribution in [0.2, 0.25) is 0 Å². The molecule has 4 nitrogen and oxygen atoms in total. The van der Waals surface area contributed by atoms with Gasteiger partial charge in [-0.2, -0.15) is 5.26 Å². The smallest absolute Gasteiger partial charge is 0.330 e. The van der Waals surface area contributed by atoms with E-state index in [-0.39, 0.29) is 11.3 Å². The van der Waals surface area contributed by atoms with Crippen molar-refractivity contribution in [2.45, 2.75) is 6.92 Å². The fraction of sp³-hybridized carbons (Fsp3) is 0.143. The summed E-state index contributed by atoms with van der Waals surface area (Å²) in [6.07, 6.45) is 0. The molecule has 0 heterocycles. The fourth-order valence-electron chi connectivity index (χ4n) is 0. The van der Waals surface area contributed by atoms with E-state index in [1.807, 2.05) is 0 Å². The highest BCUT2D eigenvalue weighted by atomic mass is 16.4. The summed E-state index contributed by atoms with van der Waals surface area (Å²) in [5.74, 6) is -0.935. The van der Waals surface area contributed by atoms with Crippen molar-refractivity contribution in [3.8, 4) is 6.07 Å². The molecule has 0 aliphatic rings.